The van der Waals surface area contributed by atoms with Crippen molar-refractivity contribution < 1.29 is 30.8 Å². The van der Waals surface area contributed by atoms with Gasteiger partial charge < -0.3 is 5.32 Å². The number of rotatable bonds is 7. The first-order valence-corrected chi connectivity index (χ1v) is 11.8. The fourth-order valence-electron chi connectivity index (χ4n) is 3.02. The van der Waals surface area contributed by atoms with Crippen LogP contribution >= 0.6 is 23.2 Å². The van der Waals surface area contributed by atoms with Crippen LogP contribution in [0.25, 0.3) is 0 Å². The van der Waals surface area contributed by atoms with E-state index in [9.17, 15) is 30.8 Å². The molecule has 12 heteroatoms. The first-order chi connectivity index (χ1) is 15.9. The molecule has 0 spiro atoms. The highest BCUT2D eigenvalue weighted by atomic mass is 35.5. The van der Waals surface area contributed by atoms with Crippen LogP contribution in [0.3, 0.4) is 0 Å². The quantitative estimate of drug-likeness (QED) is 0.383. The van der Waals surface area contributed by atoms with Crippen LogP contribution in [0.1, 0.15) is 11.1 Å². The van der Waals surface area contributed by atoms with Gasteiger partial charge in [-0.1, -0.05) is 53.5 Å². The molecule has 180 valence electrons. The molecule has 0 aromatic heterocycles. The average molecular weight is 535 g/mol. The van der Waals surface area contributed by atoms with Crippen molar-refractivity contribution in [2.24, 2.45) is 0 Å². The molecule has 0 unspecified atom stereocenters. The average Bonchev–Trinajstić information content (AvgIpc) is 2.76. The van der Waals surface area contributed by atoms with Crippen LogP contribution in [0.4, 0.5) is 23.2 Å². The number of nitrogens with one attached hydrogen (secondary N) is 2. The zero-order chi connectivity index (χ0) is 25.1. The zero-order valence-corrected chi connectivity index (χ0v) is 19.4. The first kappa shape index (κ1) is 26.0. The molecule has 34 heavy (non-hydrogen) atoms. The fourth-order valence-corrected chi connectivity index (χ4v) is 4.98. The Morgan fingerprint density at radius 3 is 2.29 bits per heavy atom. The summed E-state index contributed by atoms with van der Waals surface area (Å²) < 4.78 is 80.8. The second-order valence-electron chi connectivity index (χ2n) is 7.12. The Morgan fingerprint density at radius 1 is 0.971 bits per heavy atom. The first-order valence-electron chi connectivity index (χ1n) is 9.56. The number of anilines is 1. The lowest BCUT2D eigenvalue weighted by atomic mass is 10.1. The van der Waals surface area contributed by atoms with Gasteiger partial charge >= 0.3 is 6.18 Å². The van der Waals surface area contributed by atoms with E-state index in [-0.39, 0.29) is 27.0 Å². The lowest BCUT2D eigenvalue weighted by molar-refractivity contribution is -0.140. The van der Waals surface area contributed by atoms with Gasteiger partial charge in [-0.3, -0.25) is 4.79 Å². The minimum Gasteiger partial charge on any atom is -0.325 e. The summed E-state index contributed by atoms with van der Waals surface area (Å²) in [6, 6.07) is 12.5. The van der Waals surface area contributed by atoms with Crippen molar-refractivity contribution in [3.05, 3.63) is 93.7 Å². The smallest absolute Gasteiger partial charge is 0.325 e. The lowest BCUT2D eigenvalue weighted by Crippen LogP contribution is -2.45. The van der Waals surface area contributed by atoms with Crippen molar-refractivity contribution in [3.8, 4) is 0 Å². The summed E-state index contributed by atoms with van der Waals surface area (Å²) in [4.78, 5) is 12.6. The van der Waals surface area contributed by atoms with Gasteiger partial charge in [0.25, 0.3) is 0 Å². The van der Waals surface area contributed by atoms with E-state index >= 15 is 0 Å². The summed E-state index contributed by atoms with van der Waals surface area (Å²) in [5.41, 5.74) is -1.37. The maximum atomic E-state index is 13.6. The molecule has 3 aromatic rings. The van der Waals surface area contributed by atoms with Gasteiger partial charge in [0.2, 0.25) is 15.9 Å². The van der Waals surface area contributed by atoms with Crippen LogP contribution in [0, 0.1) is 5.82 Å². The molecule has 0 heterocycles. The van der Waals surface area contributed by atoms with Crippen molar-refractivity contribution in [1.82, 2.24) is 4.72 Å². The second kappa shape index (κ2) is 10.3. The Morgan fingerprint density at radius 2 is 1.65 bits per heavy atom. The molecule has 1 atom stereocenters. The largest absolute Gasteiger partial charge is 0.419 e. The van der Waals surface area contributed by atoms with E-state index in [0.717, 1.165) is 12.1 Å². The molecule has 3 rings (SSSR count). The Balaban J connectivity index is 1.93. The number of benzene rings is 3. The van der Waals surface area contributed by atoms with Gasteiger partial charge in [0.05, 0.1) is 10.6 Å². The topological polar surface area (TPSA) is 75.3 Å². The summed E-state index contributed by atoms with van der Waals surface area (Å²) in [5, 5.41) is 2.14. The van der Waals surface area contributed by atoms with E-state index in [2.05, 4.69) is 10.0 Å². The van der Waals surface area contributed by atoms with Crippen LogP contribution in [0.15, 0.2) is 71.6 Å². The molecule has 0 bridgehead atoms. The van der Waals surface area contributed by atoms with Crippen LogP contribution < -0.4 is 10.0 Å². The van der Waals surface area contributed by atoms with E-state index in [1.165, 1.54) is 12.1 Å². The number of hydrogen-bond donors (Lipinski definition) is 2. The molecule has 0 aliphatic rings. The SMILES string of the molecule is O=C(Nc1ccc(F)c(C(F)(F)F)c1)[C@@H](Cc1ccccc1)NS(=O)(=O)c1cc(Cl)ccc1Cl. The van der Waals surface area contributed by atoms with Crippen LogP contribution in [0.2, 0.25) is 10.0 Å². The van der Waals surface area contributed by atoms with Gasteiger partial charge in [-0.25, -0.2) is 12.8 Å². The highest BCUT2D eigenvalue weighted by molar-refractivity contribution is 7.89. The molecule has 0 radical (unpaired) electrons. The summed E-state index contributed by atoms with van der Waals surface area (Å²) in [6.07, 6.45) is -5.13. The van der Waals surface area contributed by atoms with Gasteiger partial charge in [-0.15, -0.1) is 0 Å². The van der Waals surface area contributed by atoms with E-state index in [4.69, 9.17) is 23.2 Å². The Hall–Kier alpha value is -2.66. The normalized spacial score (nSPS) is 12.9. The van der Waals surface area contributed by atoms with Gasteiger partial charge in [0.15, 0.2) is 0 Å². The monoisotopic (exact) mass is 534 g/mol. The lowest BCUT2D eigenvalue weighted by Gasteiger charge is -2.20. The number of sulfonamides is 1. The number of carbonyl (C=O) groups excluding carboxylic acids is 1. The van der Waals surface area contributed by atoms with Crippen molar-refractivity contribution in [3.63, 3.8) is 0 Å². The van der Waals surface area contributed by atoms with Crippen molar-refractivity contribution >= 4 is 44.8 Å². The summed E-state index contributed by atoms with van der Waals surface area (Å²) in [5.74, 6) is -2.48. The molecule has 0 saturated carbocycles. The highest BCUT2D eigenvalue weighted by Gasteiger charge is 2.35. The number of hydrogen-bond acceptors (Lipinski definition) is 3. The Kier molecular flexibility index (Phi) is 7.87. The number of alkyl halides is 3. The molecule has 0 fully saturated rings. The molecule has 3 aromatic carbocycles. The molecule has 0 saturated heterocycles. The van der Waals surface area contributed by atoms with Crippen molar-refractivity contribution in [2.75, 3.05) is 5.32 Å². The maximum absolute atomic E-state index is 13.6. The van der Waals surface area contributed by atoms with Gasteiger partial charge in [-0.2, -0.15) is 17.9 Å². The molecule has 0 aliphatic carbocycles. The van der Waals surface area contributed by atoms with Gasteiger partial charge in [-0.05, 0) is 48.4 Å². The fraction of sp³-hybridized carbons (Fsp3) is 0.136. The maximum Gasteiger partial charge on any atom is 0.419 e. The third-order valence-electron chi connectivity index (χ3n) is 4.62. The zero-order valence-electron chi connectivity index (χ0n) is 17.0. The summed E-state index contributed by atoms with van der Waals surface area (Å²) in [6.45, 7) is 0. The molecular formula is C22H16Cl2F4N2O3S. The van der Waals surface area contributed by atoms with E-state index < -0.39 is 39.5 Å². The second-order valence-corrected chi connectivity index (χ2v) is 9.65. The summed E-state index contributed by atoms with van der Waals surface area (Å²) >= 11 is 11.9. The van der Waals surface area contributed by atoms with Crippen LogP contribution in [-0.4, -0.2) is 20.4 Å². The molecule has 1 amide bonds. The van der Waals surface area contributed by atoms with E-state index in [1.54, 1.807) is 30.3 Å². The summed E-state index contributed by atoms with van der Waals surface area (Å²) in [7, 11) is -4.38. The molecular weight excluding hydrogens is 519 g/mol. The molecule has 2 N–H and O–H groups in total. The van der Waals surface area contributed by atoms with Crippen molar-refractivity contribution in [1.29, 1.82) is 0 Å². The molecule has 0 aliphatic heterocycles. The van der Waals surface area contributed by atoms with Crippen LogP contribution in [0.5, 0.6) is 0 Å². The number of amides is 1. The minimum absolute atomic E-state index is 0.0832. The van der Waals surface area contributed by atoms with Crippen LogP contribution in [-0.2, 0) is 27.4 Å². The Labute approximate surface area is 202 Å². The molecule has 5 nitrogen and oxygen atoms in total. The predicted octanol–water partition coefficient (Wildman–Crippen LogP) is 5.68. The number of halogens is 6. The standard InChI is InChI=1S/C22H16Cl2F4N2O3S/c23-14-6-8-17(24)20(11-14)34(32,33)30-19(10-13-4-2-1-3-5-13)21(31)29-15-7-9-18(25)16(12-15)22(26,27)28/h1-9,11-12,19,30H,10H2,(H,29,31)/t19-/m1/s1. The van der Waals surface area contributed by atoms with E-state index in [0.29, 0.717) is 17.7 Å². The van der Waals surface area contributed by atoms with Crippen molar-refractivity contribution in [2.45, 2.75) is 23.5 Å². The van der Waals surface area contributed by atoms with Gasteiger partial charge in [0.1, 0.15) is 16.8 Å². The Bertz CT molecular complexity index is 1300. The number of carbonyl (C=O) groups is 1. The highest BCUT2D eigenvalue weighted by Crippen LogP contribution is 2.33. The predicted molar refractivity (Wildman–Crippen MR) is 121 cm³/mol. The third kappa shape index (κ3) is 6.47. The third-order valence-corrected chi connectivity index (χ3v) is 6.81. The van der Waals surface area contributed by atoms with Gasteiger partial charge in [0, 0.05) is 10.7 Å². The van der Waals surface area contributed by atoms with E-state index in [1.807, 2.05) is 0 Å². The minimum atomic E-state index is -4.99.